The normalized spacial score (nSPS) is 18.6. The van der Waals surface area contributed by atoms with E-state index < -0.39 is 0 Å². The number of hydrogen-bond donors (Lipinski definition) is 1. The SMILES string of the molecule is CC(C1CCCC1)n1c(N)nc2ccc(Br)cc21. The van der Waals surface area contributed by atoms with Gasteiger partial charge in [0, 0.05) is 10.5 Å². The molecule has 3 rings (SSSR count). The number of fused-ring (bicyclic) bond motifs is 1. The minimum atomic E-state index is 0.437. The predicted octanol–water partition coefficient (Wildman–Crippen LogP) is 4.13. The molecule has 0 spiro atoms. The Morgan fingerprint density at radius 2 is 2.11 bits per heavy atom. The van der Waals surface area contributed by atoms with Crippen LogP contribution in [0.3, 0.4) is 0 Å². The lowest BCUT2D eigenvalue weighted by molar-refractivity contribution is 0.371. The van der Waals surface area contributed by atoms with Crippen molar-refractivity contribution < 1.29 is 0 Å². The molecule has 1 aliphatic carbocycles. The number of aromatic nitrogens is 2. The van der Waals surface area contributed by atoms with E-state index in [1.165, 1.54) is 25.7 Å². The highest BCUT2D eigenvalue weighted by atomic mass is 79.9. The summed E-state index contributed by atoms with van der Waals surface area (Å²) in [7, 11) is 0. The van der Waals surface area contributed by atoms with Crippen LogP contribution in [-0.4, -0.2) is 9.55 Å². The van der Waals surface area contributed by atoms with Crippen molar-refractivity contribution in [2.45, 2.75) is 38.6 Å². The van der Waals surface area contributed by atoms with Crippen molar-refractivity contribution >= 4 is 32.9 Å². The minimum Gasteiger partial charge on any atom is -0.369 e. The van der Waals surface area contributed by atoms with E-state index in [4.69, 9.17) is 5.73 Å². The third-order valence-electron chi connectivity index (χ3n) is 4.17. The maximum absolute atomic E-state index is 6.11. The van der Waals surface area contributed by atoms with Gasteiger partial charge in [-0.25, -0.2) is 4.98 Å². The number of rotatable bonds is 2. The van der Waals surface area contributed by atoms with Gasteiger partial charge in [0.25, 0.3) is 0 Å². The summed E-state index contributed by atoms with van der Waals surface area (Å²) in [4.78, 5) is 4.47. The molecule has 3 nitrogen and oxygen atoms in total. The first-order valence-electron chi connectivity index (χ1n) is 6.60. The van der Waals surface area contributed by atoms with Gasteiger partial charge in [0.15, 0.2) is 0 Å². The molecule has 0 radical (unpaired) electrons. The molecule has 2 N–H and O–H groups in total. The Hall–Kier alpha value is -1.03. The number of halogens is 1. The van der Waals surface area contributed by atoms with Gasteiger partial charge in [0.05, 0.1) is 11.0 Å². The van der Waals surface area contributed by atoms with Crippen molar-refractivity contribution in [3.63, 3.8) is 0 Å². The second-order valence-corrected chi connectivity index (χ2v) is 6.17. The molecule has 1 atom stereocenters. The Morgan fingerprint density at radius 3 is 2.83 bits per heavy atom. The summed E-state index contributed by atoms with van der Waals surface area (Å²) in [6, 6.07) is 6.59. The average molecular weight is 308 g/mol. The topological polar surface area (TPSA) is 43.8 Å². The van der Waals surface area contributed by atoms with Crippen molar-refractivity contribution in [3.8, 4) is 0 Å². The van der Waals surface area contributed by atoms with E-state index in [1.807, 2.05) is 12.1 Å². The summed E-state index contributed by atoms with van der Waals surface area (Å²) < 4.78 is 3.28. The summed E-state index contributed by atoms with van der Waals surface area (Å²) in [5.74, 6) is 1.38. The van der Waals surface area contributed by atoms with Gasteiger partial charge >= 0.3 is 0 Å². The maximum atomic E-state index is 6.11. The van der Waals surface area contributed by atoms with Crippen molar-refractivity contribution in [1.82, 2.24) is 9.55 Å². The summed E-state index contributed by atoms with van der Waals surface area (Å²) in [5, 5.41) is 0. The van der Waals surface area contributed by atoms with Crippen LogP contribution in [0.5, 0.6) is 0 Å². The zero-order chi connectivity index (χ0) is 12.7. The van der Waals surface area contributed by atoms with Crippen LogP contribution >= 0.6 is 15.9 Å². The van der Waals surface area contributed by atoms with Gasteiger partial charge in [-0.05, 0) is 43.9 Å². The van der Waals surface area contributed by atoms with E-state index in [2.05, 4.69) is 38.5 Å². The fourth-order valence-electron chi connectivity index (χ4n) is 3.16. The van der Waals surface area contributed by atoms with Gasteiger partial charge in [-0.3, -0.25) is 0 Å². The van der Waals surface area contributed by atoms with Crippen LogP contribution in [-0.2, 0) is 0 Å². The lowest BCUT2D eigenvalue weighted by atomic mass is 9.99. The number of nitrogens with two attached hydrogens (primary N) is 1. The molecule has 2 aromatic rings. The van der Waals surface area contributed by atoms with E-state index in [1.54, 1.807) is 0 Å². The monoisotopic (exact) mass is 307 g/mol. The highest BCUT2D eigenvalue weighted by Crippen LogP contribution is 2.37. The van der Waals surface area contributed by atoms with Crippen LogP contribution in [0, 0.1) is 5.92 Å². The smallest absolute Gasteiger partial charge is 0.201 e. The Bertz CT molecular complexity index is 570. The van der Waals surface area contributed by atoms with Crippen molar-refractivity contribution in [3.05, 3.63) is 22.7 Å². The summed E-state index contributed by atoms with van der Waals surface area (Å²) in [6.07, 6.45) is 5.33. The quantitative estimate of drug-likeness (QED) is 0.906. The van der Waals surface area contributed by atoms with Crippen molar-refractivity contribution in [1.29, 1.82) is 0 Å². The fourth-order valence-corrected chi connectivity index (χ4v) is 3.51. The molecule has 0 aliphatic heterocycles. The van der Waals surface area contributed by atoms with E-state index in [9.17, 15) is 0 Å². The van der Waals surface area contributed by atoms with Gasteiger partial charge in [-0.15, -0.1) is 0 Å². The first-order valence-corrected chi connectivity index (χ1v) is 7.39. The summed E-state index contributed by atoms with van der Waals surface area (Å²) in [5.41, 5.74) is 8.24. The number of benzene rings is 1. The highest BCUT2D eigenvalue weighted by molar-refractivity contribution is 9.10. The zero-order valence-corrected chi connectivity index (χ0v) is 12.2. The van der Waals surface area contributed by atoms with Crippen LogP contribution in [0.4, 0.5) is 5.95 Å². The van der Waals surface area contributed by atoms with Crippen LogP contribution in [0.2, 0.25) is 0 Å². The van der Waals surface area contributed by atoms with E-state index >= 15 is 0 Å². The fraction of sp³-hybridized carbons (Fsp3) is 0.500. The van der Waals surface area contributed by atoms with Crippen molar-refractivity contribution in [2.24, 2.45) is 5.92 Å². The summed E-state index contributed by atoms with van der Waals surface area (Å²) in [6.45, 7) is 2.27. The Balaban J connectivity index is 2.09. The molecule has 1 heterocycles. The van der Waals surface area contributed by atoms with Crippen LogP contribution in [0.25, 0.3) is 11.0 Å². The first kappa shape index (κ1) is 12.0. The van der Waals surface area contributed by atoms with Gasteiger partial charge in [-0.2, -0.15) is 0 Å². The molecule has 1 fully saturated rings. The second-order valence-electron chi connectivity index (χ2n) is 5.26. The highest BCUT2D eigenvalue weighted by Gasteiger charge is 2.25. The molecular formula is C14H18BrN3. The molecule has 0 bridgehead atoms. The largest absolute Gasteiger partial charge is 0.369 e. The third-order valence-corrected chi connectivity index (χ3v) is 4.66. The number of imidazole rings is 1. The van der Waals surface area contributed by atoms with E-state index in [0.29, 0.717) is 12.0 Å². The number of anilines is 1. The van der Waals surface area contributed by atoms with Gasteiger partial charge < -0.3 is 10.3 Å². The predicted molar refractivity (Wildman–Crippen MR) is 78.5 cm³/mol. The van der Waals surface area contributed by atoms with E-state index in [-0.39, 0.29) is 0 Å². The molecule has 0 saturated heterocycles. The van der Waals surface area contributed by atoms with Crippen LogP contribution in [0.1, 0.15) is 38.6 Å². The average Bonchev–Trinajstić information content (AvgIpc) is 2.94. The molecule has 1 aliphatic rings. The molecule has 4 heteroatoms. The molecule has 18 heavy (non-hydrogen) atoms. The number of nitrogens with zero attached hydrogens (tertiary/aromatic N) is 2. The second kappa shape index (κ2) is 4.57. The van der Waals surface area contributed by atoms with Crippen LogP contribution in [0.15, 0.2) is 22.7 Å². The summed E-state index contributed by atoms with van der Waals surface area (Å²) >= 11 is 3.53. The number of nitrogen functional groups attached to an aromatic ring is 1. The van der Waals surface area contributed by atoms with Crippen molar-refractivity contribution in [2.75, 3.05) is 5.73 Å². The molecule has 1 saturated carbocycles. The third kappa shape index (κ3) is 1.92. The Labute approximate surface area is 116 Å². The maximum Gasteiger partial charge on any atom is 0.201 e. The first-order chi connectivity index (χ1) is 8.66. The lowest BCUT2D eigenvalue weighted by Crippen LogP contribution is -2.16. The van der Waals surface area contributed by atoms with E-state index in [0.717, 1.165) is 21.4 Å². The molecule has 0 amide bonds. The molecule has 1 unspecified atom stereocenters. The Kier molecular flexibility index (Phi) is 3.06. The lowest BCUT2D eigenvalue weighted by Gasteiger charge is -2.22. The van der Waals surface area contributed by atoms with Gasteiger partial charge in [-0.1, -0.05) is 28.8 Å². The number of hydrogen-bond acceptors (Lipinski definition) is 2. The minimum absolute atomic E-state index is 0.437. The molecule has 1 aromatic carbocycles. The van der Waals surface area contributed by atoms with Gasteiger partial charge in [0.1, 0.15) is 0 Å². The Morgan fingerprint density at radius 1 is 1.39 bits per heavy atom. The standard InChI is InChI=1S/C14H18BrN3/c1-9(10-4-2-3-5-10)18-13-8-11(15)6-7-12(13)17-14(18)16/h6-10H,2-5H2,1H3,(H2,16,17). The molecule has 96 valence electrons. The zero-order valence-electron chi connectivity index (χ0n) is 10.6. The molecular weight excluding hydrogens is 290 g/mol. The molecule has 1 aromatic heterocycles. The van der Waals surface area contributed by atoms with Crippen LogP contribution < -0.4 is 5.73 Å². The van der Waals surface area contributed by atoms with Gasteiger partial charge in [0.2, 0.25) is 5.95 Å².